The van der Waals surface area contributed by atoms with Gasteiger partial charge >= 0.3 is 0 Å². The number of amides is 2. The molecule has 5 heteroatoms. The summed E-state index contributed by atoms with van der Waals surface area (Å²) in [5, 5.41) is 2.64. The third-order valence-corrected chi connectivity index (χ3v) is 5.20. The Morgan fingerprint density at radius 1 is 0.966 bits per heavy atom. The Bertz CT molecular complexity index is 798. The number of benzene rings is 2. The zero-order chi connectivity index (χ0) is 21.4. The maximum Gasteiger partial charge on any atom is 0.242 e. The fraction of sp³-hybridized carbons (Fsp3) is 0.417. The first kappa shape index (κ1) is 22.5. The van der Waals surface area contributed by atoms with Gasteiger partial charge in [0, 0.05) is 20.0 Å². The average molecular weight is 397 g/mol. The molecule has 0 bridgehead atoms. The quantitative estimate of drug-likeness (QED) is 0.699. The minimum absolute atomic E-state index is 0.0372. The van der Waals surface area contributed by atoms with E-state index in [1.165, 1.54) is 5.56 Å². The fourth-order valence-corrected chi connectivity index (χ4v) is 3.18. The van der Waals surface area contributed by atoms with Crippen molar-refractivity contribution >= 4 is 11.8 Å². The van der Waals surface area contributed by atoms with Crippen molar-refractivity contribution in [3.63, 3.8) is 0 Å². The molecule has 0 spiro atoms. The third-order valence-electron chi connectivity index (χ3n) is 5.20. The molecule has 0 aliphatic heterocycles. The smallest absolute Gasteiger partial charge is 0.242 e. The molecule has 0 fully saturated rings. The monoisotopic (exact) mass is 396 g/mol. The van der Waals surface area contributed by atoms with Gasteiger partial charge in [0.15, 0.2) is 0 Å². The normalized spacial score (nSPS) is 11.8. The Labute approximate surface area is 174 Å². The van der Waals surface area contributed by atoms with E-state index in [2.05, 4.69) is 43.4 Å². The third kappa shape index (κ3) is 6.34. The van der Waals surface area contributed by atoms with Crippen molar-refractivity contribution in [2.75, 3.05) is 14.2 Å². The van der Waals surface area contributed by atoms with E-state index in [-0.39, 0.29) is 11.8 Å². The van der Waals surface area contributed by atoms with Crippen LogP contribution >= 0.6 is 0 Å². The molecular formula is C24H32N2O3. The van der Waals surface area contributed by atoms with Gasteiger partial charge in [-0.2, -0.15) is 0 Å². The predicted molar refractivity (Wildman–Crippen MR) is 116 cm³/mol. The summed E-state index contributed by atoms with van der Waals surface area (Å²) in [4.78, 5) is 26.8. The highest BCUT2D eigenvalue weighted by atomic mass is 16.5. The highest BCUT2D eigenvalue weighted by Gasteiger charge is 2.25. The highest BCUT2D eigenvalue weighted by Crippen LogP contribution is 2.18. The van der Waals surface area contributed by atoms with Crippen molar-refractivity contribution in [2.24, 2.45) is 0 Å². The van der Waals surface area contributed by atoms with E-state index in [0.717, 1.165) is 16.9 Å². The van der Waals surface area contributed by atoms with Gasteiger partial charge in [-0.05, 0) is 48.1 Å². The predicted octanol–water partition coefficient (Wildman–Crippen LogP) is 3.91. The Morgan fingerprint density at radius 3 is 2.07 bits per heavy atom. The lowest BCUT2D eigenvalue weighted by molar-refractivity contribution is -0.140. The van der Waals surface area contributed by atoms with E-state index in [1.54, 1.807) is 26.0 Å². The van der Waals surface area contributed by atoms with Gasteiger partial charge in [-0.25, -0.2) is 0 Å². The minimum atomic E-state index is -0.544. The Kier molecular flexibility index (Phi) is 8.25. The van der Waals surface area contributed by atoms with Crippen LogP contribution in [0.5, 0.6) is 5.75 Å². The first-order valence-electron chi connectivity index (χ1n) is 10.1. The number of likely N-dealkylation sites (N-methyl/N-ethyl adjacent to an activating group) is 1. The van der Waals surface area contributed by atoms with Crippen molar-refractivity contribution in [3.05, 3.63) is 65.2 Å². The topological polar surface area (TPSA) is 58.6 Å². The number of hydrogen-bond donors (Lipinski definition) is 1. The molecule has 0 saturated heterocycles. The SMILES string of the molecule is CNC(=O)[C@H](C)N(Cc1ccc(OC)cc1)C(=O)CCc1ccc(C(C)C)cc1. The van der Waals surface area contributed by atoms with Gasteiger partial charge in [0.2, 0.25) is 11.8 Å². The maximum atomic E-state index is 13.0. The van der Waals surface area contributed by atoms with Crippen LogP contribution in [0, 0.1) is 0 Å². The molecule has 0 heterocycles. The lowest BCUT2D eigenvalue weighted by atomic mass is 10.00. The van der Waals surface area contributed by atoms with Crippen LogP contribution in [0.3, 0.4) is 0 Å². The number of nitrogens with one attached hydrogen (secondary N) is 1. The zero-order valence-corrected chi connectivity index (χ0v) is 18.1. The van der Waals surface area contributed by atoms with Crippen LogP contribution in [-0.2, 0) is 22.6 Å². The molecule has 2 rings (SSSR count). The Balaban J connectivity index is 2.09. The largest absolute Gasteiger partial charge is 0.497 e. The molecule has 1 atom stereocenters. The first-order valence-corrected chi connectivity index (χ1v) is 10.1. The number of nitrogens with zero attached hydrogens (tertiary/aromatic N) is 1. The van der Waals surface area contributed by atoms with Crippen LogP contribution in [0.1, 0.15) is 49.8 Å². The molecule has 0 aromatic heterocycles. The molecule has 0 radical (unpaired) electrons. The van der Waals surface area contributed by atoms with Crippen molar-refractivity contribution in [1.82, 2.24) is 10.2 Å². The van der Waals surface area contributed by atoms with E-state index in [0.29, 0.717) is 25.3 Å². The van der Waals surface area contributed by atoms with Crippen LogP contribution in [0.15, 0.2) is 48.5 Å². The summed E-state index contributed by atoms with van der Waals surface area (Å²) < 4.78 is 5.19. The van der Waals surface area contributed by atoms with E-state index in [9.17, 15) is 9.59 Å². The molecule has 2 aromatic carbocycles. The molecule has 0 saturated carbocycles. The number of hydrogen-bond acceptors (Lipinski definition) is 3. The highest BCUT2D eigenvalue weighted by molar-refractivity contribution is 5.87. The van der Waals surface area contributed by atoms with Crippen LogP contribution in [0.2, 0.25) is 0 Å². The standard InChI is InChI=1S/C24H32N2O3/c1-17(2)21-11-6-19(7-12-21)10-15-23(27)26(18(3)24(28)25-4)16-20-8-13-22(29-5)14-9-20/h6-9,11-14,17-18H,10,15-16H2,1-5H3,(H,25,28)/t18-/m0/s1. The van der Waals surface area contributed by atoms with Gasteiger partial charge in [-0.15, -0.1) is 0 Å². The summed E-state index contributed by atoms with van der Waals surface area (Å²) in [6.45, 7) is 6.47. The van der Waals surface area contributed by atoms with E-state index in [4.69, 9.17) is 4.74 Å². The van der Waals surface area contributed by atoms with Crippen molar-refractivity contribution in [1.29, 1.82) is 0 Å². The number of methoxy groups -OCH3 is 1. The summed E-state index contributed by atoms with van der Waals surface area (Å²) in [6, 6.07) is 15.4. The van der Waals surface area contributed by atoms with Gasteiger partial charge < -0.3 is 15.0 Å². The van der Waals surface area contributed by atoms with Gasteiger partial charge in [0.05, 0.1) is 7.11 Å². The van der Waals surface area contributed by atoms with Crippen molar-refractivity contribution in [3.8, 4) is 5.75 Å². The molecule has 156 valence electrons. The fourth-order valence-electron chi connectivity index (χ4n) is 3.18. The number of aryl methyl sites for hydroxylation is 1. The Morgan fingerprint density at radius 2 is 1.55 bits per heavy atom. The van der Waals surface area contributed by atoms with Gasteiger partial charge in [0.25, 0.3) is 0 Å². The summed E-state index contributed by atoms with van der Waals surface area (Å²) >= 11 is 0. The van der Waals surface area contributed by atoms with Gasteiger partial charge in [-0.1, -0.05) is 50.2 Å². The number of ether oxygens (including phenoxy) is 1. The molecule has 1 N–H and O–H groups in total. The Hall–Kier alpha value is -2.82. The molecule has 0 aliphatic rings. The summed E-state index contributed by atoms with van der Waals surface area (Å²) in [5.41, 5.74) is 3.37. The zero-order valence-electron chi connectivity index (χ0n) is 18.1. The second kappa shape index (κ2) is 10.6. The van der Waals surface area contributed by atoms with E-state index >= 15 is 0 Å². The van der Waals surface area contributed by atoms with Crippen LogP contribution < -0.4 is 10.1 Å². The van der Waals surface area contributed by atoms with Gasteiger partial charge in [0.1, 0.15) is 11.8 Å². The average Bonchev–Trinajstić information content (AvgIpc) is 2.75. The molecule has 5 nitrogen and oxygen atoms in total. The van der Waals surface area contributed by atoms with Crippen molar-refractivity contribution < 1.29 is 14.3 Å². The number of rotatable bonds is 9. The minimum Gasteiger partial charge on any atom is -0.497 e. The molecule has 0 unspecified atom stereocenters. The first-order chi connectivity index (χ1) is 13.8. The van der Waals surface area contributed by atoms with Crippen molar-refractivity contribution in [2.45, 2.75) is 52.1 Å². The summed E-state index contributed by atoms with van der Waals surface area (Å²) in [5.74, 6) is 1.04. The molecule has 0 aliphatic carbocycles. The summed E-state index contributed by atoms with van der Waals surface area (Å²) in [6.07, 6.45) is 1.01. The lowest BCUT2D eigenvalue weighted by Gasteiger charge is -2.28. The van der Waals surface area contributed by atoms with E-state index < -0.39 is 6.04 Å². The lowest BCUT2D eigenvalue weighted by Crippen LogP contribution is -2.46. The second-order valence-electron chi connectivity index (χ2n) is 7.56. The second-order valence-corrected chi connectivity index (χ2v) is 7.56. The van der Waals surface area contributed by atoms with E-state index in [1.807, 2.05) is 24.3 Å². The van der Waals surface area contributed by atoms with Crippen LogP contribution in [0.4, 0.5) is 0 Å². The number of carbonyl (C=O) groups excluding carboxylic acids is 2. The van der Waals surface area contributed by atoms with Crippen LogP contribution in [0.25, 0.3) is 0 Å². The molecule has 2 amide bonds. The maximum absolute atomic E-state index is 13.0. The molecular weight excluding hydrogens is 364 g/mol. The van der Waals surface area contributed by atoms with Gasteiger partial charge in [-0.3, -0.25) is 9.59 Å². The van der Waals surface area contributed by atoms with Crippen LogP contribution in [-0.4, -0.2) is 36.9 Å². The molecule has 29 heavy (non-hydrogen) atoms. The summed E-state index contributed by atoms with van der Waals surface area (Å²) in [7, 11) is 3.21. The number of carbonyl (C=O) groups is 2. The molecule has 2 aromatic rings.